The summed E-state index contributed by atoms with van der Waals surface area (Å²) >= 11 is 6.02. The van der Waals surface area contributed by atoms with E-state index in [2.05, 4.69) is 34.6 Å². The molecule has 40 heavy (non-hydrogen) atoms. The first kappa shape index (κ1) is 31.8. The van der Waals surface area contributed by atoms with Crippen LogP contribution >= 0.6 is 11.6 Å². The Morgan fingerprint density at radius 1 is 1.12 bits per heavy atom. The molecule has 1 heterocycles. The molecule has 0 N–H and O–H groups in total. The van der Waals surface area contributed by atoms with Crippen LogP contribution in [0, 0.1) is 11.7 Å². The van der Waals surface area contributed by atoms with Crippen LogP contribution in [0.1, 0.15) is 82.9 Å². The van der Waals surface area contributed by atoms with Gasteiger partial charge in [0.15, 0.2) is 0 Å². The zero-order chi connectivity index (χ0) is 30.0. The summed E-state index contributed by atoms with van der Waals surface area (Å²) in [6.07, 6.45) is 1.72. The zero-order valence-corrected chi connectivity index (χ0v) is 26.5. The summed E-state index contributed by atoms with van der Waals surface area (Å²) in [6.45, 7) is 16.4. The van der Waals surface area contributed by atoms with Gasteiger partial charge in [-0.2, -0.15) is 0 Å². The van der Waals surface area contributed by atoms with Crippen molar-refractivity contribution in [2.24, 2.45) is 5.92 Å². The van der Waals surface area contributed by atoms with E-state index in [1.165, 1.54) is 13.2 Å². The van der Waals surface area contributed by atoms with E-state index in [1.807, 2.05) is 18.4 Å². The van der Waals surface area contributed by atoms with Crippen molar-refractivity contribution in [2.45, 2.75) is 78.5 Å². The van der Waals surface area contributed by atoms with Crippen LogP contribution in [0.5, 0.6) is 5.75 Å². The number of halogens is 2. The maximum atomic E-state index is 14.8. The third-order valence-corrected chi connectivity index (χ3v) is 8.14. The van der Waals surface area contributed by atoms with Crippen LogP contribution in [-0.2, 0) is 15.6 Å². The minimum atomic E-state index is -0.695. The molecule has 0 saturated heterocycles. The van der Waals surface area contributed by atoms with Crippen molar-refractivity contribution >= 4 is 38.2 Å². The van der Waals surface area contributed by atoms with Crippen molar-refractivity contribution < 1.29 is 23.1 Å². The first-order chi connectivity index (χ1) is 18.6. The Balaban J connectivity index is 2.34. The molecule has 2 radical (unpaired) electrons. The number of fused-ring (bicyclic) bond motifs is 1. The van der Waals surface area contributed by atoms with Gasteiger partial charge < -0.3 is 18.5 Å². The van der Waals surface area contributed by atoms with Gasteiger partial charge >= 0.3 is 5.97 Å². The summed E-state index contributed by atoms with van der Waals surface area (Å²) in [5.74, 6) is -0.671. The number of esters is 1. The van der Waals surface area contributed by atoms with Crippen LogP contribution in [-0.4, -0.2) is 39.6 Å². The van der Waals surface area contributed by atoms with Gasteiger partial charge in [0, 0.05) is 24.1 Å². The van der Waals surface area contributed by atoms with E-state index in [1.54, 1.807) is 37.4 Å². The molecule has 2 aromatic carbocycles. The monoisotopic (exact) mass is 587 g/mol. The molecule has 3 aromatic rings. The predicted octanol–water partition coefficient (Wildman–Crippen LogP) is 7.40. The fourth-order valence-electron chi connectivity index (χ4n) is 5.03. The number of hydrogen-bond donors (Lipinski definition) is 0. The average molecular weight is 588 g/mol. The fraction of sp³-hybridized carbons (Fsp3) is 0.484. The number of pyridine rings is 1. The van der Waals surface area contributed by atoms with Gasteiger partial charge in [0.05, 0.1) is 35.9 Å². The van der Waals surface area contributed by atoms with Crippen molar-refractivity contribution in [3.63, 3.8) is 0 Å². The molecule has 3 rings (SSSR count). The lowest BCUT2D eigenvalue weighted by molar-refractivity contribution is 0.0287. The number of carbonyl (C=O) groups excluding carboxylic acids is 1. The lowest BCUT2D eigenvalue weighted by Crippen LogP contribution is -2.42. The second-order valence-corrected chi connectivity index (χ2v) is 14.1. The second kappa shape index (κ2) is 12.5. The Morgan fingerprint density at radius 2 is 1.80 bits per heavy atom. The molecule has 1 aromatic heterocycles. The van der Waals surface area contributed by atoms with Gasteiger partial charge in [0.1, 0.15) is 17.1 Å². The van der Waals surface area contributed by atoms with E-state index in [4.69, 9.17) is 25.5 Å². The number of ether oxygens (including phenoxy) is 2. The highest BCUT2D eigenvalue weighted by Crippen LogP contribution is 2.38. The number of methoxy groups -OCH3 is 1. The van der Waals surface area contributed by atoms with E-state index < -0.39 is 22.8 Å². The quantitative estimate of drug-likeness (QED) is 0.183. The van der Waals surface area contributed by atoms with E-state index >= 15 is 0 Å². The van der Waals surface area contributed by atoms with Gasteiger partial charge in [-0.05, 0) is 55.0 Å². The molecule has 9 heteroatoms. The summed E-state index contributed by atoms with van der Waals surface area (Å²) in [5, 5.41) is 0.291. The Hall–Kier alpha value is -2.68. The molecule has 0 saturated carbocycles. The maximum absolute atomic E-state index is 14.8. The molecule has 1 atom stereocenters. The summed E-state index contributed by atoms with van der Waals surface area (Å²) < 4.78 is 34.2. The van der Waals surface area contributed by atoms with Crippen LogP contribution < -0.4 is 10.2 Å². The Bertz CT molecular complexity index is 1440. The third kappa shape index (κ3) is 6.96. The van der Waals surface area contributed by atoms with Gasteiger partial charge in [0.25, 0.3) is 0 Å². The summed E-state index contributed by atoms with van der Waals surface area (Å²) in [7, 11) is 1.76. The van der Waals surface area contributed by atoms with Gasteiger partial charge in [-0.15, -0.1) is 0 Å². The lowest BCUT2D eigenvalue weighted by Gasteiger charge is -2.41. The highest BCUT2D eigenvalue weighted by molar-refractivity contribution is 6.32. The van der Waals surface area contributed by atoms with Crippen molar-refractivity contribution in [3.8, 4) is 5.75 Å². The number of rotatable bonds is 10. The normalized spacial score (nSPS) is 13.1. The molecule has 0 fully saturated rings. The summed E-state index contributed by atoms with van der Waals surface area (Å²) in [5.41, 5.74) is 0.345. The molecule has 0 aliphatic rings. The number of nitrogens with zero attached hydrogens (tertiary/aromatic N) is 1. The molecular formula is C31H39ClFNO5Si. The fourth-order valence-corrected chi connectivity index (χ4v) is 5.91. The van der Waals surface area contributed by atoms with Crippen LogP contribution in [0.2, 0.25) is 10.1 Å². The number of aromatic nitrogens is 1. The minimum Gasteiger partial charge on any atom is -0.496 e. The summed E-state index contributed by atoms with van der Waals surface area (Å²) in [4.78, 5) is 26.7. The van der Waals surface area contributed by atoms with Gasteiger partial charge in [-0.25, -0.2) is 9.18 Å². The molecule has 6 nitrogen and oxygen atoms in total. The highest BCUT2D eigenvalue weighted by Gasteiger charge is 2.37. The van der Waals surface area contributed by atoms with E-state index in [-0.39, 0.29) is 50.4 Å². The molecule has 216 valence electrons. The first-order valence-corrected chi connectivity index (χ1v) is 14.7. The molecule has 0 aliphatic carbocycles. The van der Waals surface area contributed by atoms with Crippen molar-refractivity contribution in [3.05, 3.63) is 74.3 Å². The number of carbonyl (C=O) groups is 1. The van der Waals surface area contributed by atoms with Gasteiger partial charge in [-0.1, -0.05) is 58.4 Å². The topological polar surface area (TPSA) is 66.8 Å². The molecule has 0 bridgehead atoms. The molecule has 0 amide bonds. The molecular weight excluding hydrogens is 549 g/mol. The SMILES string of the molecule is CCOC(=O)c1cn([C@@H](C(C)C)C(C)(C)O[Si]C(C)(C)C)c2cc(OC)c(Cc3cccc(Cl)c3F)cc2c1=O. The summed E-state index contributed by atoms with van der Waals surface area (Å²) in [6, 6.07) is 7.99. The van der Waals surface area contributed by atoms with E-state index in [9.17, 15) is 14.0 Å². The van der Waals surface area contributed by atoms with Crippen LogP contribution in [0.25, 0.3) is 10.9 Å². The number of hydrogen-bond acceptors (Lipinski definition) is 5. The van der Waals surface area contributed by atoms with E-state index in [0.717, 1.165) is 0 Å². The Labute approximate surface area is 243 Å². The number of benzene rings is 2. The van der Waals surface area contributed by atoms with Crippen LogP contribution in [0.15, 0.2) is 41.3 Å². The van der Waals surface area contributed by atoms with Crippen LogP contribution in [0.4, 0.5) is 4.39 Å². The molecule has 0 spiro atoms. The smallest absolute Gasteiger partial charge is 0.343 e. The Morgan fingerprint density at radius 3 is 2.38 bits per heavy atom. The largest absolute Gasteiger partial charge is 0.496 e. The van der Waals surface area contributed by atoms with Crippen molar-refractivity contribution in [2.75, 3.05) is 13.7 Å². The van der Waals surface area contributed by atoms with E-state index in [0.29, 0.717) is 27.8 Å². The van der Waals surface area contributed by atoms with Gasteiger partial charge in [0.2, 0.25) is 15.2 Å². The minimum absolute atomic E-state index is 0.0159. The van der Waals surface area contributed by atoms with Crippen molar-refractivity contribution in [1.29, 1.82) is 0 Å². The standard InChI is InChI=1S/C31H39ClFNO5Si/c1-10-38-29(36)22-17-34(28(18(2)3)31(7,8)39-40-30(4,5)6)24-16-25(37-9)20(15-21(24)27(22)35)14-19-12-11-13-23(32)26(19)33/h11-13,15-18,28H,10,14H2,1-9H3/t28-/m0/s1. The third-order valence-electron chi connectivity index (χ3n) is 6.61. The van der Waals surface area contributed by atoms with Gasteiger partial charge in [-0.3, -0.25) is 4.79 Å². The predicted molar refractivity (Wildman–Crippen MR) is 159 cm³/mol. The lowest BCUT2D eigenvalue weighted by atomic mass is 9.88. The van der Waals surface area contributed by atoms with Crippen molar-refractivity contribution in [1.82, 2.24) is 4.57 Å². The highest BCUT2D eigenvalue weighted by atomic mass is 35.5. The maximum Gasteiger partial charge on any atom is 0.343 e. The molecule has 0 unspecified atom stereocenters. The first-order valence-electron chi connectivity index (χ1n) is 13.4. The Kier molecular flexibility index (Phi) is 9.91. The zero-order valence-electron chi connectivity index (χ0n) is 24.8. The second-order valence-electron chi connectivity index (χ2n) is 11.8. The average Bonchev–Trinajstić information content (AvgIpc) is 2.86. The van der Waals surface area contributed by atoms with Crippen LogP contribution in [0.3, 0.4) is 0 Å². The molecule has 0 aliphatic heterocycles.